The van der Waals surface area contributed by atoms with E-state index in [4.69, 9.17) is 5.73 Å². The van der Waals surface area contributed by atoms with E-state index in [0.29, 0.717) is 6.54 Å². The third-order valence-corrected chi connectivity index (χ3v) is 3.22. The van der Waals surface area contributed by atoms with E-state index >= 15 is 0 Å². The highest BCUT2D eigenvalue weighted by atomic mass is 19.3. The van der Waals surface area contributed by atoms with E-state index in [-0.39, 0.29) is 5.92 Å². The van der Waals surface area contributed by atoms with Crippen molar-refractivity contribution in [1.29, 1.82) is 0 Å². The third-order valence-electron chi connectivity index (χ3n) is 3.22. The number of carbonyl (C=O) groups is 1. The van der Waals surface area contributed by atoms with Gasteiger partial charge in [0.25, 0.3) is 0 Å². The van der Waals surface area contributed by atoms with Crippen LogP contribution in [0.5, 0.6) is 0 Å². The van der Waals surface area contributed by atoms with Crippen LogP contribution in [0.25, 0.3) is 0 Å². The van der Waals surface area contributed by atoms with Gasteiger partial charge < -0.3 is 5.73 Å². The summed E-state index contributed by atoms with van der Waals surface area (Å²) in [6.45, 7) is 4.41. The molecule has 0 bridgehead atoms. The van der Waals surface area contributed by atoms with Gasteiger partial charge in [-0.2, -0.15) is 0 Å². The zero-order chi connectivity index (χ0) is 13.5. The van der Waals surface area contributed by atoms with Gasteiger partial charge in [0.2, 0.25) is 0 Å². The molecule has 1 aromatic carbocycles. The Bertz CT molecular complexity index is 378. The van der Waals surface area contributed by atoms with E-state index in [0.717, 1.165) is 24.0 Å². The third kappa shape index (κ3) is 3.53. The first kappa shape index (κ1) is 14.6. The smallest absolute Gasteiger partial charge is 0.326 e. The first-order valence-electron chi connectivity index (χ1n) is 6.25. The molecule has 100 valence electrons. The molecule has 0 aliphatic heterocycles. The van der Waals surface area contributed by atoms with Crippen molar-refractivity contribution in [3.8, 4) is 0 Å². The van der Waals surface area contributed by atoms with E-state index < -0.39 is 11.9 Å². The van der Waals surface area contributed by atoms with Gasteiger partial charge in [-0.15, -0.1) is 0 Å². The predicted molar refractivity (Wildman–Crippen MR) is 68.3 cm³/mol. The Labute approximate surface area is 107 Å². The van der Waals surface area contributed by atoms with Gasteiger partial charge in [-0.3, -0.25) is 4.94 Å². The topological polar surface area (TPSA) is 52.3 Å². The zero-order valence-electron chi connectivity index (χ0n) is 10.9. The molecule has 0 radical (unpaired) electrons. The molecular weight excluding hydrogens is 233 g/mol. The first-order chi connectivity index (χ1) is 8.63. The number of carbonyl (C=O) groups excluding carboxylic acids is 1. The maximum Gasteiger partial charge on any atom is 0.356 e. The number of hydrogen-bond acceptors (Lipinski definition) is 3. The lowest BCUT2D eigenvalue weighted by Gasteiger charge is -2.20. The van der Waals surface area contributed by atoms with Gasteiger partial charge in [0.15, 0.2) is 0 Å². The molecule has 2 atom stereocenters. The van der Waals surface area contributed by atoms with Crippen molar-refractivity contribution >= 4 is 5.97 Å². The molecule has 18 heavy (non-hydrogen) atoms. The van der Waals surface area contributed by atoms with Gasteiger partial charge in [0.1, 0.15) is 0 Å². The fraction of sp³-hybridized carbons (Fsp3) is 0.500. The average Bonchev–Trinajstić information content (AvgIpc) is 2.40. The Hall–Kier alpha value is -1.42. The Kier molecular flexibility index (Phi) is 5.78. The molecule has 3 nitrogen and oxygen atoms in total. The lowest BCUT2D eigenvalue weighted by Crippen LogP contribution is -2.20. The summed E-state index contributed by atoms with van der Waals surface area (Å²) in [5.41, 5.74) is 7.27. The molecule has 1 aromatic rings. The summed E-state index contributed by atoms with van der Waals surface area (Å²) in [7, 11) is 0. The van der Waals surface area contributed by atoms with Crippen LogP contribution in [0.2, 0.25) is 0 Å². The van der Waals surface area contributed by atoms with E-state index in [1.165, 1.54) is 0 Å². The van der Waals surface area contributed by atoms with Crippen LogP contribution in [0.4, 0.5) is 4.53 Å². The van der Waals surface area contributed by atoms with Gasteiger partial charge in [-0.05, 0) is 23.5 Å². The van der Waals surface area contributed by atoms with Crippen LogP contribution in [0.3, 0.4) is 0 Å². The predicted octanol–water partition coefficient (Wildman–Crippen LogP) is 3.09. The highest BCUT2D eigenvalue weighted by molar-refractivity contribution is 5.78. The van der Waals surface area contributed by atoms with Crippen molar-refractivity contribution in [2.45, 2.75) is 39.2 Å². The average molecular weight is 253 g/mol. The number of rotatable bonds is 6. The minimum absolute atomic E-state index is 0.0435. The molecule has 0 amide bonds. The molecular formula is C14H20FNO2. The van der Waals surface area contributed by atoms with Crippen molar-refractivity contribution in [3.05, 3.63) is 35.4 Å². The molecule has 0 aromatic heterocycles. The molecule has 0 fully saturated rings. The molecule has 1 rings (SSSR count). The van der Waals surface area contributed by atoms with Gasteiger partial charge in [-0.25, -0.2) is 4.79 Å². The number of benzene rings is 1. The van der Waals surface area contributed by atoms with Gasteiger partial charge in [0.05, 0.1) is 5.92 Å². The highest BCUT2D eigenvalue weighted by Crippen LogP contribution is 2.29. The molecule has 0 heterocycles. The largest absolute Gasteiger partial charge is 0.356 e. The molecule has 0 saturated heterocycles. The van der Waals surface area contributed by atoms with Crippen molar-refractivity contribution in [3.63, 3.8) is 0 Å². The normalized spacial score (nSPS) is 14.0. The second kappa shape index (κ2) is 7.11. The maximum atomic E-state index is 12.2. The van der Waals surface area contributed by atoms with Gasteiger partial charge in [0, 0.05) is 11.1 Å². The Morgan fingerprint density at radius 3 is 2.44 bits per heavy atom. The lowest BCUT2D eigenvalue weighted by molar-refractivity contribution is -0.187. The number of hydrogen-bond donors (Lipinski definition) is 1. The second-order valence-electron chi connectivity index (χ2n) is 4.59. The van der Waals surface area contributed by atoms with Crippen LogP contribution in [0.1, 0.15) is 43.7 Å². The van der Waals surface area contributed by atoms with Crippen molar-refractivity contribution in [2.24, 2.45) is 11.7 Å². The molecule has 0 aliphatic rings. The molecule has 4 heteroatoms. The quantitative estimate of drug-likeness (QED) is 0.847. The van der Waals surface area contributed by atoms with Crippen LogP contribution < -0.4 is 5.73 Å². The zero-order valence-corrected chi connectivity index (χ0v) is 10.9. The monoisotopic (exact) mass is 253 g/mol. The fourth-order valence-corrected chi connectivity index (χ4v) is 2.23. The van der Waals surface area contributed by atoms with Crippen LogP contribution in [0, 0.1) is 5.92 Å². The summed E-state index contributed by atoms with van der Waals surface area (Å²) >= 11 is 0. The maximum absolute atomic E-state index is 12.2. The van der Waals surface area contributed by atoms with Gasteiger partial charge in [-0.1, -0.05) is 44.5 Å². The lowest BCUT2D eigenvalue weighted by atomic mass is 9.84. The molecule has 2 unspecified atom stereocenters. The number of nitrogens with two attached hydrogens (primary N) is 1. The summed E-state index contributed by atoms with van der Waals surface area (Å²) in [4.78, 5) is 15.0. The van der Waals surface area contributed by atoms with Gasteiger partial charge >= 0.3 is 5.97 Å². The fourth-order valence-electron chi connectivity index (χ4n) is 2.23. The van der Waals surface area contributed by atoms with E-state index in [1.807, 2.05) is 38.1 Å². The summed E-state index contributed by atoms with van der Waals surface area (Å²) in [6, 6.07) is 7.34. The van der Waals surface area contributed by atoms with E-state index in [2.05, 4.69) is 4.94 Å². The van der Waals surface area contributed by atoms with Crippen molar-refractivity contribution in [2.75, 3.05) is 0 Å². The van der Waals surface area contributed by atoms with E-state index in [1.54, 1.807) is 0 Å². The summed E-state index contributed by atoms with van der Waals surface area (Å²) in [5.74, 6) is -1.33. The SMILES string of the molecule is CCCC(C)C(C(=O)OF)c1ccc(CN)cc1. The highest BCUT2D eigenvalue weighted by Gasteiger charge is 2.28. The Morgan fingerprint density at radius 1 is 1.39 bits per heavy atom. The Balaban J connectivity index is 2.97. The summed E-state index contributed by atoms with van der Waals surface area (Å²) in [5, 5.41) is 0. The van der Waals surface area contributed by atoms with Crippen LogP contribution in [-0.4, -0.2) is 5.97 Å². The number of halogens is 1. The van der Waals surface area contributed by atoms with Crippen LogP contribution in [-0.2, 0) is 16.3 Å². The first-order valence-corrected chi connectivity index (χ1v) is 6.25. The Morgan fingerprint density at radius 2 is 2.00 bits per heavy atom. The standard InChI is InChI=1S/C14H20FNO2/c1-3-4-10(2)13(14(17)18-15)12-7-5-11(9-16)6-8-12/h5-8,10,13H,3-4,9,16H2,1-2H3. The van der Waals surface area contributed by atoms with Crippen molar-refractivity contribution < 1.29 is 14.3 Å². The van der Waals surface area contributed by atoms with E-state index in [9.17, 15) is 9.32 Å². The molecule has 0 spiro atoms. The van der Waals surface area contributed by atoms with Crippen LogP contribution in [0.15, 0.2) is 24.3 Å². The minimum Gasteiger partial charge on any atom is -0.326 e. The molecule has 0 aliphatic carbocycles. The summed E-state index contributed by atoms with van der Waals surface area (Å²) < 4.78 is 12.2. The molecule has 2 N–H and O–H groups in total. The van der Waals surface area contributed by atoms with Crippen LogP contribution >= 0.6 is 0 Å². The van der Waals surface area contributed by atoms with Crippen molar-refractivity contribution in [1.82, 2.24) is 0 Å². The molecule has 0 saturated carbocycles. The minimum atomic E-state index is -0.823. The summed E-state index contributed by atoms with van der Waals surface area (Å²) in [6.07, 6.45) is 1.79. The second-order valence-corrected chi connectivity index (χ2v) is 4.59.